The second-order valence-corrected chi connectivity index (χ2v) is 20.9. The Hall–Kier alpha value is -5.49. The highest BCUT2D eigenvalue weighted by Gasteiger charge is 2.19. The predicted molar refractivity (Wildman–Crippen MR) is 357 cm³/mol. The number of hydrogen-bond acceptors (Lipinski definition) is 6. The van der Waals surface area contributed by atoms with Crippen molar-refractivity contribution >= 4 is 17.9 Å². The first-order chi connectivity index (χ1) is 40.5. The molecule has 0 aromatic rings. The molecule has 0 heterocycles. The highest BCUT2D eigenvalue weighted by molar-refractivity contribution is 5.71. The van der Waals surface area contributed by atoms with Gasteiger partial charge in [0, 0.05) is 19.3 Å². The number of rotatable bonds is 57. The topological polar surface area (TPSA) is 78.9 Å². The highest BCUT2D eigenvalue weighted by atomic mass is 16.6. The molecule has 0 aliphatic carbocycles. The maximum atomic E-state index is 12.9. The van der Waals surface area contributed by atoms with E-state index >= 15 is 0 Å². The van der Waals surface area contributed by atoms with Gasteiger partial charge in [-0.15, -0.1) is 0 Å². The van der Waals surface area contributed by atoms with E-state index in [9.17, 15) is 14.4 Å². The van der Waals surface area contributed by atoms with Gasteiger partial charge in [0.05, 0.1) is 0 Å². The van der Waals surface area contributed by atoms with Crippen LogP contribution in [0.1, 0.15) is 258 Å². The van der Waals surface area contributed by atoms with Crippen LogP contribution < -0.4 is 0 Å². The number of hydrogen-bond donors (Lipinski definition) is 0. The van der Waals surface area contributed by atoms with Crippen molar-refractivity contribution in [2.75, 3.05) is 13.2 Å². The van der Waals surface area contributed by atoms with Crippen molar-refractivity contribution in [2.24, 2.45) is 0 Å². The van der Waals surface area contributed by atoms with Gasteiger partial charge in [-0.05, 0) is 148 Å². The van der Waals surface area contributed by atoms with Gasteiger partial charge in [0.1, 0.15) is 13.2 Å². The van der Waals surface area contributed by atoms with E-state index in [1.54, 1.807) is 0 Å². The molecule has 0 bridgehead atoms. The van der Waals surface area contributed by atoms with E-state index < -0.39 is 12.1 Å². The van der Waals surface area contributed by atoms with Crippen molar-refractivity contribution in [3.63, 3.8) is 0 Å². The van der Waals surface area contributed by atoms with Crippen molar-refractivity contribution in [2.45, 2.75) is 264 Å². The Morgan fingerprint density at radius 2 is 0.500 bits per heavy atom. The van der Waals surface area contributed by atoms with Crippen LogP contribution in [0.15, 0.2) is 182 Å². The average Bonchev–Trinajstić information content (AvgIpc) is 3.47. The molecule has 0 aromatic heterocycles. The van der Waals surface area contributed by atoms with Gasteiger partial charge in [0.15, 0.2) is 6.10 Å². The molecule has 0 aliphatic rings. The van der Waals surface area contributed by atoms with Gasteiger partial charge in [-0.1, -0.05) is 274 Å². The van der Waals surface area contributed by atoms with Crippen LogP contribution >= 0.6 is 0 Å². The second-order valence-electron chi connectivity index (χ2n) is 20.9. The molecule has 458 valence electrons. The first-order valence-electron chi connectivity index (χ1n) is 32.8. The monoisotopic (exact) mass is 1130 g/mol. The van der Waals surface area contributed by atoms with Crippen LogP contribution in [0.25, 0.3) is 0 Å². The molecule has 0 saturated carbocycles. The normalized spacial score (nSPS) is 13.4. The summed E-state index contributed by atoms with van der Waals surface area (Å²) < 4.78 is 16.8. The maximum Gasteiger partial charge on any atom is 0.306 e. The zero-order valence-electron chi connectivity index (χ0n) is 52.4. The number of esters is 3. The summed E-state index contributed by atoms with van der Waals surface area (Å²) in [5.41, 5.74) is 0. The summed E-state index contributed by atoms with van der Waals surface area (Å²) in [6.45, 7) is 6.31. The Morgan fingerprint density at radius 3 is 0.805 bits per heavy atom. The first-order valence-corrected chi connectivity index (χ1v) is 32.8. The lowest BCUT2D eigenvalue weighted by atomic mass is 10.1. The van der Waals surface area contributed by atoms with E-state index in [0.29, 0.717) is 19.3 Å². The summed E-state index contributed by atoms with van der Waals surface area (Å²) in [5, 5.41) is 0. The number of carbonyl (C=O) groups excluding carboxylic acids is 3. The zero-order chi connectivity index (χ0) is 59.2. The van der Waals surface area contributed by atoms with Crippen LogP contribution in [0.4, 0.5) is 0 Å². The molecular weight excluding hydrogens is 1010 g/mol. The highest BCUT2D eigenvalue weighted by Crippen LogP contribution is 2.13. The van der Waals surface area contributed by atoms with E-state index in [1.807, 2.05) is 12.2 Å². The van der Waals surface area contributed by atoms with E-state index in [0.717, 1.165) is 154 Å². The van der Waals surface area contributed by atoms with E-state index in [-0.39, 0.29) is 31.6 Å². The fourth-order valence-corrected chi connectivity index (χ4v) is 8.30. The van der Waals surface area contributed by atoms with Crippen LogP contribution in [-0.2, 0) is 28.6 Å². The summed E-state index contributed by atoms with van der Waals surface area (Å²) >= 11 is 0. The quantitative estimate of drug-likeness (QED) is 0.0261. The van der Waals surface area contributed by atoms with Crippen LogP contribution in [0, 0.1) is 0 Å². The first kappa shape index (κ1) is 76.5. The van der Waals surface area contributed by atoms with E-state index in [1.165, 1.54) is 57.8 Å². The van der Waals surface area contributed by atoms with Crippen LogP contribution in [0.5, 0.6) is 0 Å². The lowest BCUT2D eigenvalue weighted by Gasteiger charge is -2.18. The molecule has 6 nitrogen and oxygen atoms in total. The van der Waals surface area contributed by atoms with Gasteiger partial charge < -0.3 is 14.2 Å². The number of ether oxygens (including phenoxy) is 3. The number of unbranched alkanes of at least 4 members (excludes halogenated alkanes) is 16. The largest absolute Gasteiger partial charge is 0.462 e. The lowest BCUT2D eigenvalue weighted by Crippen LogP contribution is -2.30. The maximum absolute atomic E-state index is 12.9. The summed E-state index contributed by atoms with van der Waals surface area (Å²) in [5.74, 6) is -1.04. The van der Waals surface area contributed by atoms with E-state index in [4.69, 9.17) is 14.2 Å². The fraction of sp³-hybridized carbons (Fsp3) is 0.566. The van der Waals surface area contributed by atoms with Crippen molar-refractivity contribution in [3.05, 3.63) is 182 Å². The lowest BCUT2D eigenvalue weighted by molar-refractivity contribution is -0.166. The molecule has 0 amide bonds. The molecule has 82 heavy (non-hydrogen) atoms. The fourth-order valence-electron chi connectivity index (χ4n) is 8.30. The third-order valence-corrected chi connectivity index (χ3v) is 13.1. The van der Waals surface area contributed by atoms with Crippen LogP contribution in [0.2, 0.25) is 0 Å². The summed E-state index contributed by atoms with van der Waals surface area (Å²) in [6.07, 6.45) is 102. The summed E-state index contributed by atoms with van der Waals surface area (Å²) in [6, 6.07) is 0. The summed E-state index contributed by atoms with van der Waals surface area (Å²) in [7, 11) is 0. The molecule has 6 heteroatoms. The Bertz CT molecular complexity index is 1920. The van der Waals surface area contributed by atoms with Crippen molar-refractivity contribution in [1.29, 1.82) is 0 Å². The second kappa shape index (κ2) is 68.0. The van der Waals surface area contributed by atoms with Gasteiger partial charge in [-0.2, -0.15) is 0 Å². The molecule has 0 N–H and O–H groups in total. The minimum absolute atomic E-state index is 0.125. The summed E-state index contributed by atoms with van der Waals surface area (Å²) in [4.78, 5) is 38.3. The number of carbonyl (C=O) groups is 3. The third kappa shape index (κ3) is 65.3. The predicted octanol–water partition coefficient (Wildman–Crippen LogP) is 22.8. The van der Waals surface area contributed by atoms with Gasteiger partial charge in [-0.25, -0.2) is 0 Å². The molecular formula is C76H118O6. The minimum atomic E-state index is -0.839. The van der Waals surface area contributed by atoms with Crippen LogP contribution in [-0.4, -0.2) is 37.2 Å². The van der Waals surface area contributed by atoms with Gasteiger partial charge >= 0.3 is 17.9 Å². The Balaban J connectivity index is 4.47. The molecule has 0 rings (SSSR count). The SMILES string of the molecule is CC/C=C\C/C=C\C/C=C\C/C=C\C/C=C\C/C=C\C/C=C\C/C=C\CCCCCCCCC(=O)OCC(COC(=O)CCCCCCC/C=C\CCCCCCC)OC(=O)CC/C=C\C/C=C\C/C=C\C/C=C\C/C=C\C/C=C\CC. The molecule has 0 spiro atoms. The van der Waals surface area contributed by atoms with E-state index in [2.05, 4.69) is 191 Å². The van der Waals surface area contributed by atoms with Crippen molar-refractivity contribution in [3.8, 4) is 0 Å². The molecule has 0 radical (unpaired) electrons. The van der Waals surface area contributed by atoms with Gasteiger partial charge in [-0.3, -0.25) is 14.4 Å². The molecule has 1 atom stereocenters. The molecule has 0 fully saturated rings. The van der Waals surface area contributed by atoms with Gasteiger partial charge in [0.2, 0.25) is 0 Å². The smallest absolute Gasteiger partial charge is 0.306 e. The van der Waals surface area contributed by atoms with Gasteiger partial charge in [0.25, 0.3) is 0 Å². The molecule has 0 saturated heterocycles. The van der Waals surface area contributed by atoms with Crippen molar-refractivity contribution in [1.82, 2.24) is 0 Å². The molecule has 0 aliphatic heterocycles. The third-order valence-electron chi connectivity index (χ3n) is 13.1. The zero-order valence-corrected chi connectivity index (χ0v) is 52.4. The Labute approximate surface area is 504 Å². The molecule has 0 aromatic carbocycles. The standard InChI is InChI=1S/C76H118O6/c1-4-7-10-13-16-19-22-25-28-30-32-33-34-35-36-37-38-39-40-41-42-43-45-46-48-51-54-57-60-63-66-69-75(78)81-72-73(71-80-74(77)68-65-62-59-56-53-50-27-24-21-18-15-12-9-6-3)82-76(79)70-67-64-61-58-55-52-49-47-44-31-29-26-23-20-17-14-11-8-5-2/h7-8,10-11,16-17,19-20,24-29,32-33,35-36,38-39,41-42,44-47,52,55,61,64,73H,4-6,9,12-15,18,21-23,30-31,34,37,40,43,48-51,53-54,56-60,62-63,65-72H2,1-3H3/b10-7-,11-8-,19-16-,20-17-,27-24-,28-25-,29-26-,33-32-,36-35-,39-38-,42-41-,46-45-,47-44-,55-52-,64-61-. The average molecular weight is 1130 g/mol. The Kier molecular flexibility index (Phi) is 63.5. The minimum Gasteiger partial charge on any atom is -0.462 e. The number of allylic oxidation sites excluding steroid dienone is 30. The molecule has 1 unspecified atom stereocenters. The van der Waals surface area contributed by atoms with Crippen molar-refractivity contribution < 1.29 is 28.6 Å². The van der Waals surface area contributed by atoms with Crippen LogP contribution in [0.3, 0.4) is 0 Å². The Morgan fingerprint density at radius 1 is 0.256 bits per heavy atom.